The second kappa shape index (κ2) is 5.97. The molecule has 2 rings (SSSR count). The fourth-order valence-electron chi connectivity index (χ4n) is 4.95. The number of hydrogen-bond acceptors (Lipinski definition) is 1. The average molecular weight is 264 g/mol. The summed E-state index contributed by atoms with van der Waals surface area (Å²) in [6.07, 6.45) is 9.85. The highest BCUT2D eigenvalue weighted by molar-refractivity contribution is 5.83. The number of carbonyl (C=O) groups is 1. The quantitative estimate of drug-likeness (QED) is 0.664. The van der Waals surface area contributed by atoms with E-state index in [0.29, 0.717) is 17.1 Å². The molecule has 0 aromatic carbocycles. The van der Waals surface area contributed by atoms with Gasteiger partial charge >= 0.3 is 0 Å². The zero-order chi connectivity index (χ0) is 14.0. The van der Waals surface area contributed by atoms with E-state index in [1.165, 1.54) is 38.5 Å². The summed E-state index contributed by atoms with van der Waals surface area (Å²) in [5, 5.41) is 0. The Morgan fingerprint density at radius 3 is 2.63 bits per heavy atom. The fourth-order valence-corrected chi connectivity index (χ4v) is 4.95. The van der Waals surface area contributed by atoms with Gasteiger partial charge in [0.25, 0.3) is 0 Å². The predicted octanol–water partition coefficient (Wildman–Crippen LogP) is 5.23. The Labute approximate surface area is 119 Å². The number of carbonyl (C=O) groups excluding carboxylic acids is 1. The first-order valence-corrected chi connectivity index (χ1v) is 8.48. The normalized spacial score (nSPS) is 36.6. The summed E-state index contributed by atoms with van der Waals surface area (Å²) in [6.45, 7) is 9.50. The highest BCUT2D eigenvalue weighted by Gasteiger charge is 2.52. The molecule has 0 N–H and O–H groups in total. The lowest BCUT2D eigenvalue weighted by atomic mass is 9.62. The molecule has 2 aliphatic rings. The molecule has 3 unspecified atom stereocenters. The van der Waals surface area contributed by atoms with Crippen LogP contribution in [0.25, 0.3) is 0 Å². The van der Waals surface area contributed by atoms with Gasteiger partial charge in [0, 0.05) is 12.3 Å². The number of hydrogen-bond donors (Lipinski definition) is 0. The Bertz CT molecular complexity index is 320. The summed E-state index contributed by atoms with van der Waals surface area (Å²) < 4.78 is 0. The van der Waals surface area contributed by atoms with Gasteiger partial charge in [0.2, 0.25) is 0 Å². The molecule has 0 heterocycles. The van der Waals surface area contributed by atoms with Gasteiger partial charge in [-0.1, -0.05) is 47.0 Å². The summed E-state index contributed by atoms with van der Waals surface area (Å²) in [5.41, 5.74) is 0.340. The van der Waals surface area contributed by atoms with E-state index in [9.17, 15) is 4.79 Å². The van der Waals surface area contributed by atoms with Gasteiger partial charge in [-0.2, -0.15) is 0 Å². The predicted molar refractivity (Wildman–Crippen MR) is 81.0 cm³/mol. The zero-order valence-electron chi connectivity index (χ0n) is 13.4. The van der Waals surface area contributed by atoms with Crippen molar-refractivity contribution < 1.29 is 4.79 Å². The van der Waals surface area contributed by atoms with E-state index in [1.807, 2.05) is 0 Å². The molecule has 0 radical (unpaired) electrons. The molecule has 1 nitrogen and oxygen atoms in total. The molecule has 19 heavy (non-hydrogen) atoms. The van der Waals surface area contributed by atoms with Gasteiger partial charge in [-0.15, -0.1) is 0 Å². The van der Waals surface area contributed by atoms with Crippen LogP contribution in [0.3, 0.4) is 0 Å². The van der Waals surface area contributed by atoms with Crippen LogP contribution in [0.4, 0.5) is 0 Å². The van der Waals surface area contributed by atoms with E-state index in [0.717, 1.165) is 30.6 Å². The van der Waals surface area contributed by atoms with Crippen LogP contribution >= 0.6 is 0 Å². The van der Waals surface area contributed by atoms with Crippen LogP contribution < -0.4 is 0 Å². The molecule has 0 saturated heterocycles. The molecule has 110 valence electrons. The van der Waals surface area contributed by atoms with Crippen molar-refractivity contribution in [2.75, 3.05) is 0 Å². The van der Waals surface area contributed by atoms with E-state index in [4.69, 9.17) is 0 Å². The summed E-state index contributed by atoms with van der Waals surface area (Å²) in [5.74, 6) is 3.41. The van der Waals surface area contributed by atoms with E-state index >= 15 is 0 Å². The molecule has 0 spiro atoms. The molecule has 0 aliphatic heterocycles. The lowest BCUT2D eigenvalue weighted by Gasteiger charge is -2.42. The van der Waals surface area contributed by atoms with Gasteiger partial charge in [-0.3, -0.25) is 4.79 Å². The first-order valence-electron chi connectivity index (χ1n) is 8.48. The molecule has 1 heteroatoms. The third-order valence-corrected chi connectivity index (χ3v) is 6.06. The van der Waals surface area contributed by atoms with E-state index in [1.54, 1.807) is 0 Å². The van der Waals surface area contributed by atoms with Crippen molar-refractivity contribution in [2.45, 2.75) is 79.1 Å². The van der Waals surface area contributed by atoms with Crippen molar-refractivity contribution >= 4 is 5.78 Å². The van der Waals surface area contributed by atoms with Crippen molar-refractivity contribution in [3.05, 3.63) is 0 Å². The Morgan fingerprint density at radius 2 is 1.95 bits per heavy atom. The van der Waals surface area contributed by atoms with Crippen molar-refractivity contribution in [3.8, 4) is 0 Å². The minimum absolute atomic E-state index is 0.340. The molecule has 2 fully saturated rings. The summed E-state index contributed by atoms with van der Waals surface area (Å²) in [6, 6.07) is 0. The molecular formula is C18H32O. The SMILES string of the molecule is CC(C)CCCC(C)C1CC[C@H]2C(=O)CCCC12C. The fraction of sp³-hybridized carbons (Fsp3) is 0.944. The number of rotatable bonds is 5. The molecular weight excluding hydrogens is 232 g/mol. The number of fused-ring (bicyclic) bond motifs is 1. The first-order chi connectivity index (χ1) is 8.95. The zero-order valence-corrected chi connectivity index (χ0v) is 13.4. The van der Waals surface area contributed by atoms with Gasteiger partial charge in [0.15, 0.2) is 0 Å². The average Bonchev–Trinajstić information content (AvgIpc) is 2.67. The summed E-state index contributed by atoms with van der Waals surface area (Å²) in [4.78, 5) is 12.2. The molecule has 0 bridgehead atoms. The minimum Gasteiger partial charge on any atom is -0.299 e. The van der Waals surface area contributed by atoms with Crippen LogP contribution in [-0.4, -0.2) is 5.78 Å². The topological polar surface area (TPSA) is 17.1 Å². The molecule has 0 aromatic heterocycles. The van der Waals surface area contributed by atoms with E-state index in [-0.39, 0.29) is 0 Å². The Balaban J connectivity index is 1.95. The van der Waals surface area contributed by atoms with Crippen LogP contribution in [0.2, 0.25) is 0 Å². The van der Waals surface area contributed by atoms with Crippen molar-refractivity contribution in [1.29, 1.82) is 0 Å². The Kier molecular flexibility index (Phi) is 4.74. The number of ketones is 1. The maximum atomic E-state index is 12.2. The van der Waals surface area contributed by atoms with E-state index in [2.05, 4.69) is 27.7 Å². The van der Waals surface area contributed by atoms with Gasteiger partial charge in [0.05, 0.1) is 0 Å². The third-order valence-electron chi connectivity index (χ3n) is 6.06. The molecule has 0 aromatic rings. The smallest absolute Gasteiger partial charge is 0.136 e. The highest BCUT2D eigenvalue weighted by Crippen LogP contribution is 2.57. The summed E-state index contributed by atoms with van der Waals surface area (Å²) in [7, 11) is 0. The maximum absolute atomic E-state index is 12.2. The van der Waals surface area contributed by atoms with Crippen LogP contribution in [-0.2, 0) is 4.79 Å². The van der Waals surface area contributed by atoms with Crippen LogP contribution in [0, 0.1) is 29.1 Å². The van der Waals surface area contributed by atoms with Crippen molar-refractivity contribution in [3.63, 3.8) is 0 Å². The largest absolute Gasteiger partial charge is 0.299 e. The number of Topliss-reactive ketones (excluding diaryl/α,β-unsaturated/α-hetero) is 1. The Morgan fingerprint density at radius 1 is 1.21 bits per heavy atom. The van der Waals surface area contributed by atoms with Crippen molar-refractivity contribution in [2.24, 2.45) is 29.1 Å². The molecule has 2 saturated carbocycles. The molecule has 2 aliphatic carbocycles. The maximum Gasteiger partial charge on any atom is 0.136 e. The summed E-state index contributed by atoms with van der Waals surface area (Å²) >= 11 is 0. The Hall–Kier alpha value is -0.330. The third kappa shape index (κ3) is 3.06. The van der Waals surface area contributed by atoms with Crippen LogP contribution in [0.1, 0.15) is 79.1 Å². The van der Waals surface area contributed by atoms with Gasteiger partial charge in [-0.25, -0.2) is 0 Å². The first kappa shape index (κ1) is 15.1. The van der Waals surface area contributed by atoms with Crippen LogP contribution in [0.5, 0.6) is 0 Å². The monoisotopic (exact) mass is 264 g/mol. The van der Waals surface area contributed by atoms with Gasteiger partial charge in [0.1, 0.15) is 5.78 Å². The van der Waals surface area contributed by atoms with Crippen molar-refractivity contribution in [1.82, 2.24) is 0 Å². The lowest BCUT2D eigenvalue weighted by molar-refractivity contribution is -0.130. The molecule has 0 amide bonds. The van der Waals surface area contributed by atoms with E-state index < -0.39 is 0 Å². The highest BCUT2D eigenvalue weighted by atomic mass is 16.1. The second-order valence-corrected chi connectivity index (χ2v) is 7.86. The molecule has 4 atom stereocenters. The van der Waals surface area contributed by atoms with Gasteiger partial charge in [-0.05, 0) is 48.9 Å². The second-order valence-electron chi connectivity index (χ2n) is 7.86. The standard InChI is InChI=1S/C18H32O/c1-13(2)7-5-8-14(3)15-10-11-16-17(19)9-6-12-18(15,16)4/h13-16H,5-12H2,1-4H3/t14?,15?,16-,18?/m0/s1. The van der Waals surface area contributed by atoms with Crippen LogP contribution in [0.15, 0.2) is 0 Å². The lowest BCUT2D eigenvalue weighted by Crippen LogP contribution is -2.39. The van der Waals surface area contributed by atoms with Gasteiger partial charge < -0.3 is 0 Å². The minimum atomic E-state index is 0.340.